The van der Waals surface area contributed by atoms with Crippen molar-refractivity contribution >= 4 is 0 Å². The van der Waals surface area contributed by atoms with Gasteiger partial charge in [-0.25, -0.2) is 17.6 Å². The molecule has 0 nitrogen and oxygen atoms in total. The summed E-state index contributed by atoms with van der Waals surface area (Å²) in [5.41, 5.74) is 0.0776. The first-order valence-corrected chi connectivity index (χ1v) is 4.81. The standard InChI is InChI=1S/C13H7F4/c14-10-3-1-8(12(16)6-10)5-9-2-4-11(15)7-13(9)17/h1-7H. The minimum Gasteiger partial charge on any atom is -0.207 e. The van der Waals surface area contributed by atoms with Crippen LogP contribution in [0.15, 0.2) is 36.4 Å². The van der Waals surface area contributed by atoms with Gasteiger partial charge in [-0.3, -0.25) is 0 Å². The third-order valence-corrected chi connectivity index (χ3v) is 2.24. The molecule has 4 heteroatoms. The first-order valence-electron chi connectivity index (χ1n) is 4.81. The summed E-state index contributed by atoms with van der Waals surface area (Å²) in [7, 11) is 0. The van der Waals surface area contributed by atoms with Crippen molar-refractivity contribution in [1.29, 1.82) is 0 Å². The zero-order valence-corrected chi connectivity index (χ0v) is 8.55. The summed E-state index contributed by atoms with van der Waals surface area (Å²) in [6, 6.07) is 5.91. The lowest BCUT2D eigenvalue weighted by molar-refractivity contribution is 0.573. The molecule has 0 bridgehead atoms. The van der Waals surface area contributed by atoms with E-state index < -0.39 is 23.3 Å². The fraction of sp³-hybridized carbons (Fsp3) is 0. The van der Waals surface area contributed by atoms with Crippen molar-refractivity contribution in [2.24, 2.45) is 0 Å². The SMILES string of the molecule is Fc1ccc([CH]c2ccc(F)cc2F)c(F)c1. The van der Waals surface area contributed by atoms with Gasteiger partial charge in [-0.05, 0) is 23.3 Å². The van der Waals surface area contributed by atoms with E-state index in [1.807, 2.05) is 0 Å². The van der Waals surface area contributed by atoms with Crippen LogP contribution >= 0.6 is 0 Å². The van der Waals surface area contributed by atoms with Gasteiger partial charge in [0.2, 0.25) is 0 Å². The van der Waals surface area contributed by atoms with Crippen LogP contribution in [-0.4, -0.2) is 0 Å². The summed E-state index contributed by atoms with van der Waals surface area (Å²) in [4.78, 5) is 0. The summed E-state index contributed by atoms with van der Waals surface area (Å²) in [5.74, 6) is -3.01. The zero-order chi connectivity index (χ0) is 12.4. The maximum Gasteiger partial charge on any atom is 0.129 e. The van der Waals surface area contributed by atoms with Crippen LogP contribution in [0.4, 0.5) is 17.6 Å². The van der Waals surface area contributed by atoms with E-state index in [2.05, 4.69) is 0 Å². The molecule has 0 atom stereocenters. The molecule has 0 aliphatic carbocycles. The van der Waals surface area contributed by atoms with Crippen molar-refractivity contribution in [3.63, 3.8) is 0 Å². The smallest absolute Gasteiger partial charge is 0.129 e. The van der Waals surface area contributed by atoms with Crippen molar-refractivity contribution in [2.75, 3.05) is 0 Å². The number of benzene rings is 2. The molecular weight excluding hydrogens is 232 g/mol. The van der Waals surface area contributed by atoms with E-state index in [1.54, 1.807) is 0 Å². The Morgan fingerprint density at radius 3 is 1.41 bits per heavy atom. The van der Waals surface area contributed by atoms with Gasteiger partial charge in [0.05, 0.1) is 0 Å². The second-order valence-corrected chi connectivity index (χ2v) is 3.48. The highest BCUT2D eigenvalue weighted by Gasteiger charge is 2.09. The van der Waals surface area contributed by atoms with Gasteiger partial charge in [0, 0.05) is 18.6 Å². The predicted molar refractivity (Wildman–Crippen MR) is 55.2 cm³/mol. The summed E-state index contributed by atoms with van der Waals surface area (Å²) < 4.78 is 51.8. The van der Waals surface area contributed by atoms with Gasteiger partial charge in [-0.2, -0.15) is 0 Å². The second kappa shape index (κ2) is 4.57. The average Bonchev–Trinajstić information content (AvgIpc) is 2.25. The lowest BCUT2D eigenvalue weighted by atomic mass is 10.0. The fourth-order valence-electron chi connectivity index (χ4n) is 1.40. The lowest BCUT2D eigenvalue weighted by Crippen LogP contribution is -1.95. The summed E-state index contributed by atoms with van der Waals surface area (Å²) in [5, 5.41) is 0. The number of halogens is 4. The van der Waals surface area contributed by atoms with Gasteiger partial charge in [0.1, 0.15) is 23.3 Å². The largest absolute Gasteiger partial charge is 0.207 e. The first kappa shape index (κ1) is 11.6. The first-order chi connectivity index (χ1) is 8.06. The maximum absolute atomic E-state index is 13.3. The van der Waals surface area contributed by atoms with E-state index in [4.69, 9.17) is 0 Å². The molecule has 0 amide bonds. The van der Waals surface area contributed by atoms with Crippen LogP contribution in [0.1, 0.15) is 11.1 Å². The molecule has 0 aliphatic heterocycles. The van der Waals surface area contributed by atoms with Gasteiger partial charge in [-0.15, -0.1) is 0 Å². The highest BCUT2D eigenvalue weighted by atomic mass is 19.1. The molecule has 87 valence electrons. The molecule has 0 fully saturated rings. The van der Waals surface area contributed by atoms with Crippen LogP contribution in [0.3, 0.4) is 0 Å². The zero-order valence-electron chi connectivity index (χ0n) is 8.55. The van der Waals surface area contributed by atoms with Crippen LogP contribution in [0.25, 0.3) is 0 Å². The van der Waals surface area contributed by atoms with Crippen LogP contribution < -0.4 is 0 Å². The van der Waals surface area contributed by atoms with E-state index >= 15 is 0 Å². The molecule has 0 saturated heterocycles. The van der Waals surface area contributed by atoms with E-state index in [-0.39, 0.29) is 11.1 Å². The topological polar surface area (TPSA) is 0 Å². The Hall–Kier alpha value is -1.84. The van der Waals surface area contributed by atoms with Crippen molar-refractivity contribution in [3.05, 3.63) is 77.2 Å². The van der Waals surface area contributed by atoms with Gasteiger partial charge >= 0.3 is 0 Å². The molecule has 0 heterocycles. The Morgan fingerprint density at radius 2 is 1.06 bits per heavy atom. The van der Waals surface area contributed by atoms with Crippen molar-refractivity contribution in [3.8, 4) is 0 Å². The molecule has 0 aliphatic rings. The molecular formula is C13H7F4. The monoisotopic (exact) mass is 239 g/mol. The van der Waals surface area contributed by atoms with Crippen LogP contribution in [0, 0.1) is 29.7 Å². The minimum atomic E-state index is -0.797. The molecule has 2 aromatic carbocycles. The molecule has 0 saturated carbocycles. The highest BCUT2D eigenvalue weighted by molar-refractivity contribution is 5.38. The second-order valence-electron chi connectivity index (χ2n) is 3.48. The Balaban J connectivity index is 2.31. The van der Waals surface area contributed by atoms with Gasteiger partial charge in [0.25, 0.3) is 0 Å². The number of hydrogen-bond acceptors (Lipinski definition) is 0. The summed E-state index contributed by atoms with van der Waals surface area (Å²) in [6.45, 7) is 0. The van der Waals surface area contributed by atoms with E-state index in [1.165, 1.54) is 18.6 Å². The Labute approximate surface area is 95.5 Å². The average molecular weight is 239 g/mol. The van der Waals surface area contributed by atoms with Crippen molar-refractivity contribution in [1.82, 2.24) is 0 Å². The fourth-order valence-corrected chi connectivity index (χ4v) is 1.40. The molecule has 0 N–H and O–H groups in total. The van der Waals surface area contributed by atoms with E-state index in [9.17, 15) is 17.6 Å². The molecule has 0 aromatic heterocycles. The van der Waals surface area contributed by atoms with Gasteiger partial charge < -0.3 is 0 Å². The minimum absolute atomic E-state index is 0.0388. The molecule has 2 aromatic rings. The van der Waals surface area contributed by atoms with E-state index in [0.29, 0.717) is 12.1 Å². The maximum atomic E-state index is 13.3. The lowest BCUT2D eigenvalue weighted by Gasteiger charge is -2.04. The van der Waals surface area contributed by atoms with Crippen molar-refractivity contribution in [2.45, 2.75) is 0 Å². The molecule has 0 spiro atoms. The third kappa shape index (κ3) is 2.64. The molecule has 0 unspecified atom stereocenters. The highest BCUT2D eigenvalue weighted by Crippen LogP contribution is 2.19. The van der Waals surface area contributed by atoms with Gasteiger partial charge in [-0.1, -0.05) is 12.1 Å². The number of hydrogen-bond donors (Lipinski definition) is 0. The number of rotatable bonds is 2. The third-order valence-electron chi connectivity index (χ3n) is 2.24. The Morgan fingerprint density at radius 1 is 0.647 bits per heavy atom. The quantitative estimate of drug-likeness (QED) is 0.698. The predicted octanol–water partition coefficient (Wildman–Crippen LogP) is 3.84. The van der Waals surface area contributed by atoms with Crippen LogP contribution in [0.5, 0.6) is 0 Å². The van der Waals surface area contributed by atoms with Crippen LogP contribution in [0.2, 0.25) is 0 Å². The van der Waals surface area contributed by atoms with Gasteiger partial charge in [0.15, 0.2) is 0 Å². The normalized spacial score (nSPS) is 10.6. The van der Waals surface area contributed by atoms with E-state index in [0.717, 1.165) is 12.1 Å². The Bertz CT molecular complexity index is 500. The summed E-state index contributed by atoms with van der Waals surface area (Å²) in [6.07, 6.45) is 1.18. The van der Waals surface area contributed by atoms with Crippen molar-refractivity contribution < 1.29 is 17.6 Å². The molecule has 17 heavy (non-hydrogen) atoms. The van der Waals surface area contributed by atoms with Crippen LogP contribution in [-0.2, 0) is 0 Å². The summed E-state index contributed by atoms with van der Waals surface area (Å²) >= 11 is 0. The molecule has 2 rings (SSSR count). The Kier molecular flexibility index (Phi) is 3.13. The molecule has 1 radical (unpaired) electrons.